The fourth-order valence-electron chi connectivity index (χ4n) is 1.56. The Kier molecular flexibility index (Phi) is 3.54. The standard InChI is InChI=1S/C13H12O3S/c1-16-11-4-2-10-7-12(17-8-13(14)15)5-3-9(10)6-11/h2-7H,8H2,1H3,(H,14,15). The Hall–Kier alpha value is -1.68. The molecule has 0 aliphatic carbocycles. The van der Waals surface area contributed by atoms with E-state index >= 15 is 0 Å². The normalized spacial score (nSPS) is 10.4. The lowest BCUT2D eigenvalue weighted by molar-refractivity contribution is -0.133. The molecule has 0 aliphatic heterocycles. The van der Waals surface area contributed by atoms with Crippen molar-refractivity contribution in [2.75, 3.05) is 12.9 Å². The molecule has 0 spiro atoms. The molecule has 0 heterocycles. The number of hydrogen-bond acceptors (Lipinski definition) is 3. The van der Waals surface area contributed by atoms with Gasteiger partial charge in [0.05, 0.1) is 12.9 Å². The summed E-state index contributed by atoms with van der Waals surface area (Å²) in [6.07, 6.45) is 0. The highest BCUT2D eigenvalue weighted by Gasteiger charge is 2.02. The number of rotatable bonds is 4. The van der Waals surface area contributed by atoms with Crippen molar-refractivity contribution in [1.82, 2.24) is 0 Å². The molecule has 0 unspecified atom stereocenters. The minimum absolute atomic E-state index is 0.0850. The van der Waals surface area contributed by atoms with Gasteiger partial charge < -0.3 is 9.84 Å². The van der Waals surface area contributed by atoms with Crippen molar-refractivity contribution in [3.63, 3.8) is 0 Å². The van der Waals surface area contributed by atoms with E-state index < -0.39 is 5.97 Å². The van der Waals surface area contributed by atoms with Crippen molar-refractivity contribution < 1.29 is 14.6 Å². The van der Waals surface area contributed by atoms with Crippen LogP contribution >= 0.6 is 11.8 Å². The van der Waals surface area contributed by atoms with Crippen LogP contribution in [0.2, 0.25) is 0 Å². The molecule has 0 atom stereocenters. The summed E-state index contributed by atoms with van der Waals surface area (Å²) in [5.74, 6) is 0.107. The Morgan fingerprint density at radius 2 is 1.94 bits per heavy atom. The molecule has 2 aromatic rings. The van der Waals surface area contributed by atoms with E-state index in [2.05, 4.69) is 0 Å². The average molecular weight is 248 g/mol. The molecule has 0 aromatic heterocycles. The molecule has 0 radical (unpaired) electrons. The molecule has 0 fully saturated rings. The van der Waals surface area contributed by atoms with E-state index in [0.717, 1.165) is 21.4 Å². The van der Waals surface area contributed by atoms with Gasteiger partial charge in [-0.25, -0.2) is 0 Å². The number of fused-ring (bicyclic) bond motifs is 1. The zero-order chi connectivity index (χ0) is 12.3. The summed E-state index contributed by atoms with van der Waals surface area (Å²) in [6.45, 7) is 0. The summed E-state index contributed by atoms with van der Waals surface area (Å²) in [6, 6.07) is 11.7. The van der Waals surface area contributed by atoms with Crippen LogP contribution in [0.3, 0.4) is 0 Å². The Bertz CT molecular complexity index is 551. The second kappa shape index (κ2) is 5.10. The highest BCUT2D eigenvalue weighted by molar-refractivity contribution is 8.00. The lowest BCUT2D eigenvalue weighted by Gasteiger charge is -2.04. The fourth-order valence-corrected chi connectivity index (χ4v) is 2.23. The summed E-state index contributed by atoms with van der Waals surface area (Å²) >= 11 is 1.32. The van der Waals surface area contributed by atoms with Gasteiger partial charge in [-0.2, -0.15) is 0 Å². The van der Waals surface area contributed by atoms with E-state index in [4.69, 9.17) is 9.84 Å². The number of carboxylic acids is 1. The first-order valence-corrected chi connectivity index (χ1v) is 6.10. The third kappa shape index (κ3) is 2.91. The molecule has 0 amide bonds. The van der Waals surface area contributed by atoms with Crippen LogP contribution in [0.5, 0.6) is 5.75 Å². The minimum Gasteiger partial charge on any atom is -0.497 e. The van der Waals surface area contributed by atoms with Gasteiger partial charge in [-0.05, 0) is 35.0 Å². The van der Waals surface area contributed by atoms with E-state index in [1.807, 2.05) is 36.4 Å². The minimum atomic E-state index is -0.801. The second-order valence-corrected chi connectivity index (χ2v) is 4.61. The second-order valence-electron chi connectivity index (χ2n) is 3.56. The first kappa shape index (κ1) is 11.8. The number of hydrogen-bond donors (Lipinski definition) is 1. The van der Waals surface area contributed by atoms with Gasteiger partial charge in [-0.1, -0.05) is 12.1 Å². The van der Waals surface area contributed by atoms with Gasteiger partial charge in [-0.15, -0.1) is 11.8 Å². The number of ether oxygens (including phenoxy) is 1. The maximum atomic E-state index is 10.5. The number of methoxy groups -OCH3 is 1. The van der Waals surface area contributed by atoms with E-state index in [1.165, 1.54) is 11.8 Å². The average Bonchev–Trinajstić information content (AvgIpc) is 2.35. The van der Waals surface area contributed by atoms with Crippen molar-refractivity contribution in [3.05, 3.63) is 36.4 Å². The molecule has 0 saturated carbocycles. The van der Waals surface area contributed by atoms with Crippen molar-refractivity contribution in [1.29, 1.82) is 0 Å². The van der Waals surface area contributed by atoms with Gasteiger partial charge in [0.2, 0.25) is 0 Å². The van der Waals surface area contributed by atoms with Crippen LogP contribution in [0.4, 0.5) is 0 Å². The van der Waals surface area contributed by atoms with Crippen LogP contribution in [0, 0.1) is 0 Å². The predicted octanol–water partition coefficient (Wildman–Crippen LogP) is 3.03. The molecule has 2 aromatic carbocycles. The van der Waals surface area contributed by atoms with Crippen molar-refractivity contribution in [2.45, 2.75) is 4.90 Å². The summed E-state index contributed by atoms with van der Waals surface area (Å²) in [5, 5.41) is 10.8. The zero-order valence-electron chi connectivity index (χ0n) is 9.34. The maximum Gasteiger partial charge on any atom is 0.313 e. The van der Waals surface area contributed by atoms with Gasteiger partial charge in [0, 0.05) is 4.90 Å². The summed E-state index contributed by atoms with van der Waals surface area (Å²) in [4.78, 5) is 11.4. The van der Waals surface area contributed by atoms with E-state index in [9.17, 15) is 4.79 Å². The van der Waals surface area contributed by atoms with E-state index in [-0.39, 0.29) is 5.75 Å². The monoisotopic (exact) mass is 248 g/mol. The molecule has 88 valence electrons. The Morgan fingerprint density at radius 3 is 2.65 bits per heavy atom. The molecule has 2 rings (SSSR count). The van der Waals surface area contributed by atoms with Crippen LogP contribution < -0.4 is 4.74 Å². The van der Waals surface area contributed by atoms with Crippen molar-refractivity contribution in [3.8, 4) is 5.75 Å². The number of benzene rings is 2. The first-order valence-electron chi connectivity index (χ1n) is 5.11. The van der Waals surface area contributed by atoms with Crippen molar-refractivity contribution >= 4 is 28.5 Å². The predicted molar refractivity (Wildman–Crippen MR) is 68.9 cm³/mol. The van der Waals surface area contributed by atoms with Crippen LogP contribution in [0.25, 0.3) is 10.8 Å². The number of thioether (sulfide) groups is 1. The Balaban J connectivity index is 2.28. The van der Waals surface area contributed by atoms with Gasteiger partial charge in [0.15, 0.2) is 0 Å². The molecule has 0 aliphatic rings. The molecule has 4 heteroatoms. The van der Waals surface area contributed by atoms with Crippen LogP contribution in [0.15, 0.2) is 41.3 Å². The molecule has 1 N–H and O–H groups in total. The zero-order valence-corrected chi connectivity index (χ0v) is 10.2. The number of aliphatic carboxylic acids is 1. The smallest absolute Gasteiger partial charge is 0.313 e. The maximum absolute atomic E-state index is 10.5. The van der Waals surface area contributed by atoms with E-state index in [1.54, 1.807) is 7.11 Å². The molecular formula is C13H12O3S. The lowest BCUT2D eigenvalue weighted by Crippen LogP contribution is -1.97. The van der Waals surface area contributed by atoms with Crippen LogP contribution in [-0.4, -0.2) is 23.9 Å². The van der Waals surface area contributed by atoms with Gasteiger partial charge >= 0.3 is 5.97 Å². The van der Waals surface area contributed by atoms with Crippen LogP contribution in [0.1, 0.15) is 0 Å². The van der Waals surface area contributed by atoms with E-state index in [0.29, 0.717) is 0 Å². The molecule has 17 heavy (non-hydrogen) atoms. The summed E-state index contributed by atoms with van der Waals surface area (Å²) < 4.78 is 5.15. The molecule has 3 nitrogen and oxygen atoms in total. The molecule has 0 saturated heterocycles. The Morgan fingerprint density at radius 1 is 1.24 bits per heavy atom. The van der Waals surface area contributed by atoms with Gasteiger partial charge in [0.1, 0.15) is 5.75 Å². The fraction of sp³-hybridized carbons (Fsp3) is 0.154. The van der Waals surface area contributed by atoms with Crippen LogP contribution in [-0.2, 0) is 4.79 Å². The topological polar surface area (TPSA) is 46.5 Å². The number of carbonyl (C=O) groups is 1. The third-order valence-electron chi connectivity index (χ3n) is 2.38. The molecule has 0 bridgehead atoms. The largest absolute Gasteiger partial charge is 0.497 e. The van der Waals surface area contributed by atoms with Gasteiger partial charge in [-0.3, -0.25) is 4.79 Å². The summed E-state index contributed by atoms with van der Waals surface area (Å²) in [5.41, 5.74) is 0. The highest BCUT2D eigenvalue weighted by Crippen LogP contribution is 2.26. The molecular weight excluding hydrogens is 236 g/mol. The Labute approximate surface area is 103 Å². The first-order chi connectivity index (χ1) is 8.19. The van der Waals surface area contributed by atoms with Crippen molar-refractivity contribution in [2.24, 2.45) is 0 Å². The third-order valence-corrected chi connectivity index (χ3v) is 3.36. The SMILES string of the molecule is COc1ccc2cc(SCC(=O)O)ccc2c1. The lowest BCUT2D eigenvalue weighted by atomic mass is 10.1. The number of carboxylic acid groups (broad SMARTS) is 1. The highest BCUT2D eigenvalue weighted by atomic mass is 32.2. The van der Waals surface area contributed by atoms with Gasteiger partial charge in [0.25, 0.3) is 0 Å². The quantitative estimate of drug-likeness (QED) is 0.845. The summed E-state index contributed by atoms with van der Waals surface area (Å²) in [7, 11) is 1.64.